The monoisotopic (exact) mass is 407 g/mol. The molecule has 1 spiro atoms. The summed E-state index contributed by atoms with van der Waals surface area (Å²) in [5.41, 5.74) is 0.338. The molecule has 0 aliphatic carbocycles. The number of aromatic hydroxyl groups is 1. The van der Waals surface area contributed by atoms with Crippen molar-refractivity contribution in [3.63, 3.8) is 0 Å². The van der Waals surface area contributed by atoms with E-state index in [-0.39, 0.29) is 17.7 Å². The average molecular weight is 408 g/mol. The van der Waals surface area contributed by atoms with Crippen molar-refractivity contribution in [3.8, 4) is 5.75 Å². The Labute approximate surface area is 172 Å². The van der Waals surface area contributed by atoms with Crippen LogP contribution in [0, 0.1) is 5.92 Å². The summed E-state index contributed by atoms with van der Waals surface area (Å²) in [6, 6.07) is 5.12. The molecule has 3 amide bonds. The third kappa shape index (κ3) is 3.85. The first-order chi connectivity index (χ1) is 13.3. The maximum Gasteiger partial charge on any atom is 0.327 e. The fourth-order valence-corrected chi connectivity index (χ4v) is 4.43. The van der Waals surface area contributed by atoms with Gasteiger partial charge in [0.2, 0.25) is 0 Å². The number of phenolic OH excluding ortho intramolecular Hbond substituents is 1. The van der Waals surface area contributed by atoms with Crippen LogP contribution in [0.3, 0.4) is 0 Å². The molecular formula is C21H30ClN3O3. The number of halogens is 1. The Morgan fingerprint density at radius 1 is 1.21 bits per heavy atom. The van der Waals surface area contributed by atoms with Gasteiger partial charge in [0.1, 0.15) is 11.3 Å². The molecule has 28 heavy (non-hydrogen) atoms. The summed E-state index contributed by atoms with van der Waals surface area (Å²) in [5.74, 6) is 0.532. The number of amides is 3. The standard InChI is InChI=1S/C21H30ClN3O3/c1-4-24-19(27)21(25(20(24)28)10-7-15(2)3)8-11-23(12-9-21)14-16-5-6-18(26)17(22)13-16/h5-6,13,15,26H,4,7-12,14H2,1-3H3. The van der Waals surface area contributed by atoms with Crippen molar-refractivity contribution in [3.05, 3.63) is 28.8 Å². The van der Waals surface area contributed by atoms with E-state index >= 15 is 0 Å². The second kappa shape index (κ2) is 8.29. The Balaban J connectivity index is 1.72. The van der Waals surface area contributed by atoms with Gasteiger partial charge in [-0.05, 0) is 49.8 Å². The average Bonchev–Trinajstić information content (AvgIpc) is 2.85. The highest BCUT2D eigenvalue weighted by molar-refractivity contribution is 6.32. The van der Waals surface area contributed by atoms with E-state index in [1.54, 1.807) is 12.1 Å². The molecule has 2 aliphatic rings. The van der Waals surface area contributed by atoms with Gasteiger partial charge in [-0.2, -0.15) is 0 Å². The zero-order valence-corrected chi connectivity index (χ0v) is 17.7. The molecule has 0 radical (unpaired) electrons. The largest absolute Gasteiger partial charge is 0.506 e. The number of carbonyl (C=O) groups excluding carboxylic acids is 2. The topological polar surface area (TPSA) is 64.1 Å². The SMILES string of the molecule is CCN1C(=O)N(CCC(C)C)C2(CCN(Cc3ccc(O)c(Cl)c3)CC2)C1=O. The molecule has 2 saturated heterocycles. The minimum Gasteiger partial charge on any atom is -0.506 e. The molecule has 3 rings (SSSR count). The van der Waals surface area contributed by atoms with E-state index < -0.39 is 5.54 Å². The van der Waals surface area contributed by atoms with Gasteiger partial charge in [-0.3, -0.25) is 14.6 Å². The van der Waals surface area contributed by atoms with Gasteiger partial charge in [-0.15, -0.1) is 0 Å². The lowest BCUT2D eigenvalue weighted by Gasteiger charge is -2.42. The van der Waals surface area contributed by atoms with E-state index in [2.05, 4.69) is 18.7 Å². The van der Waals surface area contributed by atoms with E-state index in [1.165, 1.54) is 4.90 Å². The summed E-state index contributed by atoms with van der Waals surface area (Å²) in [5, 5.41) is 9.93. The summed E-state index contributed by atoms with van der Waals surface area (Å²) in [7, 11) is 0. The van der Waals surface area contributed by atoms with Crippen molar-refractivity contribution in [1.82, 2.24) is 14.7 Å². The minimum atomic E-state index is -0.689. The number of phenols is 1. The van der Waals surface area contributed by atoms with Gasteiger partial charge in [0.25, 0.3) is 5.91 Å². The normalized spacial score (nSPS) is 20.0. The number of hydrogen-bond donors (Lipinski definition) is 1. The minimum absolute atomic E-state index is 0.0314. The third-order valence-electron chi connectivity index (χ3n) is 5.97. The zero-order valence-electron chi connectivity index (χ0n) is 16.9. The van der Waals surface area contributed by atoms with Crippen LogP contribution in [-0.2, 0) is 11.3 Å². The Bertz CT molecular complexity index is 744. The number of hydrogen-bond acceptors (Lipinski definition) is 4. The van der Waals surface area contributed by atoms with Gasteiger partial charge in [0.05, 0.1) is 5.02 Å². The predicted octanol–water partition coefficient (Wildman–Crippen LogP) is 3.71. The van der Waals surface area contributed by atoms with Crippen molar-refractivity contribution in [2.24, 2.45) is 5.92 Å². The number of nitrogens with zero attached hydrogens (tertiary/aromatic N) is 3. The number of likely N-dealkylation sites (N-methyl/N-ethyl adjacent to an activating group) is 1. The first kappa shape index (κ1) is 20.9. The first-order valence-corrected chi connectivity index (χ1v) is 10.5. The van der Waals surface area contributed by atoms with Crippen LogP contribution in [0.4, 0.5) is 4.79 Å². The Kier molecular flexibility index (Phi) is 6.20. The van der Waals surface area contributed by atoms with Gasteiger partial charge >= 0.3 is 6.03 Å². The summed E-state index contributed by atoms with van der Waals surface area (Å²) >= 11 is 6.01. The van der Waals surface area contributed by atoms with E-state index in [0.29, 0.717) is 43.4 Å². The van der Waals surface area contributed by atoms with Gasteiger partial charge in [0.15, 0.2) is 0 Å². The van der Waals surface area contributed by atoms with Crippen LogP contribution in [0.2, 0.25) is 5.02 Å². The van der Waals surface area contributed by atoms with Crippen LogP contribution in [-0.4, -0.2) is 63.5 Å². The predicted molar refractivity (Wildman–Crippen MR) is 109 cm³/mol. The Hall–Kier alpha value is -1.79. The fourth-order valence-electron chi connectivity index (χ4n) is 4.23. The number of piperidine rings is 1. The molecule has 0 unspecified atom stereocenters. The van der Waals surface area contributed by atoms with Crippen molar-refractivity contribution in [1.29, 1.82) is 0 Å². The van der Waals surface area contributed by atoms with Crippen LogP contribution in [0.5, 0.6) is 5.75 Å². The van der Waals surface area contributed by atoms with E-state index in [0.717, 1.165) is 25.1 Å². The molecular weight excluding hydrogens is 378 g/mol. The highest BCUT2D eigenvalue weighted by Gasteiger charge is 2.57. The molecule has 2 aliphatic heterocycles. The van der Waals surface area contributed by atoms with Crippen LogP contribution in [0.1, 0.15) is 45.6 Å². The quantitative estimate of drug-likeness (QED) is 0.730. The first-order valence-electron chi connectivity index (χ1n) is 10.1. The molecule has 2 fully saturated rings. The van der Waals surface area contributed by atoms with Gasteiger partial charge in [0, 0.05) is 32.7 Å². The van der Waals surface area contributed by atoms with E-state index in [4.69, 9.17) is 11.6 Å². The van der Waals surface area contributed by atoms with Crippen molar-refractivity contribution in [2.75, 3.05) is 26.2 Å². The number of carbonyl (C=O) groups is 2. The lowest BCUT2D eigenvalue weighted by atomic mass is 9.85. The lowest BCUT2D eigenvalue weighted by Crippen LogP contribution is -2.56. The maximum atomic E-state index is 13.1. The van der Waals surface area contributed by atoms with Crippen LogP contribution < -0.4 is 0 Å². The summed E-state index contributed by atoms with van der Waals surface area (Å²) < 4.78 is 0. The van der Waals surface area contributed by atoms with Crippen LogP contribution in [0.25, 0.3) is 0 Å². The summed E-state index contributed by atoms with van der Waals surface area (Å²) in [6.07, 6.45) is 2.20. The highest BCUT2D eigenvalue weighted by Crippen LogP contribution is 2.38. The Morgan fingerprint density at radius 3 is 2.46 bits per heavy atom. The summed E-state index contributed by atoms with van der Waals surface area (Å²) in [4.78, 5) is 31.5. The van der Waals surface area contributed by atoms with Crippen LogP contribution in [0.15, 0.2) is 18.2 Å². The van der Waals surface area contributed by atoms with E-state index in [9.17, 15) is 14.7 Å². The van der Waals surface area contributed by atoms with Crippen molar-refractivity contribution < 1.29 is 14.7 Å². The fraction of sp³-hybridized carbons (Fsp3) is 0.619. The Morgan fingerprint density at radius 2 is 1.89 bits per heavy atom. The second-order valence-electron chi connectivity index (χ2n) is 8.26. The van der Waals surface area contributed by atoms with Gasteiger partial charge in [-0.1, -0.05) is 31.5 Å². The zero-order chi connectivity index (χ0) is 20.5. The van der Waals surface area contributed by atoms with Crippen molar-refractivity contribution >= 4 is 23.5 Å². The number of urea groups is 1. The molecule has 0 atom stereocenters. The molecule has 2 heterocycles. The summed E-state index contributed by atoms with van der Waals surface area (Å²) in [6.45, 7) is 9.39. The molecule has 1 N–H and O–H groups in total. The van der Waals surface area contributed by atoms with Gasteiger partial charge in [-0.25, -0.2) is 4.79 Å². The maximum absolute atomic E-state index is 13.1. The smallest absolute Gasteiger partial charge is 0.327 e. The number of benzene rings is 1. The molecule has 0 aromatic heterocycles. The number of imide groups is 1. The number of likely N-dealkylation sites (tertiary alicyclic amines) is 1. The molecule has 1 aromatic rings. The molecule has 1 aromatic carbocycles. The highest BCUT2D eigenvalue weighted by atomic mass is 35.5. The van der Waals surface area contributed by atoms with Gasteiger partial charge < -0.3 is 10.0 Å². The third-order valence-corrected chi connectivity index (χ3v) is 6.27. The molecule has 7 heteroatoms. The van der Waals surface area contributed by atoms with E-state index in [1.807, 2.05) is 17.9 Å². The molecule has 0 saturated carbocycles. The van der Waals surface area contributed by atoms with Crippen molar-refractivity contribution in [2.45, 2.75) is 52.1 Å². The molecule has 154 valence electrons. The number of rotatable bonds is 6. The van der Waals surface area contributed by atoms with Crippen LogP contribution >= 0.6 is 11.6 Å². The second-order valence-corrected chi connectivity index (χ2v) is 8.67. The molecule has 0 bridgehead atoms. The lowest BCUT2D eigenvalue weighted by molar-refractivity contribution is -0.135. The molecule has 6 nitrogen and oxygen atoms in total.